The Morgan fingerprint density at radius 1 is 0.200 bits per heavy atom. The van der Waals surface area contributed by atoms with Crippen molar-refractivity contribution in [1.29, 1.82) is 0 Å². The van der Waals surface area contributed by atoms with Gasteiger partial charge < -0.3 is 19.3 Å². The molecule has 0 aliphatic rings. The number of anilines is 9. The Morgan fingerprint density at radius 3 is 1.13 bits per heavy atom. The van der Waals surface area contributed by atoms with Crippen LogP contribution in [0.3, 0.4) is 0 Å². The van der Waals surface area contributed by atoms with E-state index in [4.69, 9.17) is 0 Å². The highest BCUT2D eigenvalue weighted by atomic mass is 15.2. The predicted molar refractivity (Wildman–Crippen MR) is 296 cm³/mol. The second kappa shape index (κ2) is 18.7. The Morgan fingerprint density at radius 2 is 0.571 bits per heavy atom. The molecule has 0 N–H and O–H groups in total. The lowest BCUT2D eigenvalue weighted by Crippen LogP contribution is -2.13. The first-order chi connectivity index (χ1) is 34.7. The highest BCUT2D eigenvalue weighted by Gasteiger charge is 2.22. The molecular formula is C66H48N4. The molecule has 0 saturated carbocycles. The van der Waals surface area contributed by atoms with Gasteiger partial charge in [-0.3, -0.25) is 0 Å². The molecule has 12 rings (SSSR count). The number of hydrogen-bond acceptors (Lipinski definition) is 3. The Kier molecular flexibility index (Phi) is 11.2. The van der Waals surface area contributed by atoms with E-state index < -0.39 is 0 Å². The zero-order chi connectivity index (χ0) is 46.6. The SMILES string of the molecule is c1ccc(-c2ccc(N(c3cccc(-c4cc(N(c5ccccc5)c5ccccc5)cc(N(c5ccccc5)c5ccccc5)c4)c3)c3ccc4c5ccccc5n(-c5ccccc5)c4c3)cc2)cc1. The van der Waals surface area contributed by atoms with Crippen molar-refractivity contribution >= 4 is 73.0 Å². The van der Waals surface area contributed by atoms with Crippen molar-refractivity contribution < 1.29 is 0 Å². The lowest BCUT2D eigenvalue weighted by molar-refractivity contribution is 1.18. The van der Waals surface area contributed by atoms with Gasteiger partial charge in [0.05, 0.1) is 11.0 Å². The maximum atomic E-state index is 2.40. The second-order valence-corrected chi connectivity index (χ2v) is 17.4. The summed E-state index contributed by atoms with van der Waals surface area (Å²) < 4.78 is 2.39. The average molecular weight is 897 g/mol. The first-order valence-electron chi connectivity index (χ1n) is 23.8. The smallest absolute Gasteiger partial charge is 0.0561 e. The van der Waals surface area contributed by atoms with Gasteiger partial charge >= 0.3 is 0 Å². The third kappa shape index (κ3) is 8.14. The summed E-state index contributed by atoms with van der Waals surface area (Å²) in [7, 11) is 0. The van der Waals surface area contributed by atoms with E-state index in [9.17, 15) is 0 Å². The van der Waals surface area contributed by atoms with Crippen LogP contribution in [0.1, 0.15) is 0 Å². The number of hydrogen-bond donors (Lipinski definition) is 0. The van der Waals surface area contributed by atoms with E-state index in [0.29, 0.717) is 0 Å². The number of nitrogens with zero attached hydrogens (tertiary/aromatic N) is 4. The fourth-order valence-electron chi connectivity index (χ4n) is 9.88. The summed E-state index contributed by atoms with van der Waals surface area (Å²) in [5.74, 6) is 0. The predicted octanol–water partition coefficient (Wildman–Crippen LogP) is 18.5. The summed E-state index contributed by atoms with van der Waals surface area (Å²) in [5, 5.41) is 2.44. The average Bonchev–Trinajstić information content (AvgIpc) is 3.77. The Bertz CT molecular complexity index is 3510. The van der Waals surface area contributed by atoms with E-state index in [1.807, 2.05) is 0 Å². The van der Waals surface area contributed by atoms with Gasteiger partial charge in [0.25, 0.3) is 0 Å². The molecule has 0 amide bonds. The van der Waals surface area contributed by atoms with Crippen molar-refractivity contribution in [2.45, 2.75) is 0 Å². The molecule has 0 radical (unpaired) electrons. The molecule has 0 fully saturated rings. The van der Waals surface area contributed by atoms with Crippen molar-refractivity contribution in [3.05, 3.63) is 291 Å². The largest absolute Gasteiger partial charge is 0.310 e. The van der Waals surface area contributed by atoms with Crippen molar-refractivity contribution in [3.8, 4) is 27.9 Å². The van der Waals surface area contributed by atoms with Crippen LogP contribution in [0.2, 0.25) is 0 Å². The quantitative estimate of drug-likeness (QED) is 0.121. The number of benzene rings is 11. The molecule has 4 heteroatoms. The van der Waals surface area contributed by atoms with E-state index in [1.54, 1.807) is 0 Å². The summed E-state index contributed by atoms with van der Waals surface area (Å²) in [4.78, 5) is 7.11. The van der Waals surface area contributed by atoms with Crippen molar-refractivity contribution in [3.63, 3.8) is 0 Å². The lowest BCUT2D eigenvalue weighted by Gasteiger charge is -2.30. The highest BCUT2D eigenvalue weighted by Crippen LogP contribution is 2.45. The zero-order valence-corrected chi connectivity index (χ0v) is 38.5. The van der Waals surface area contributed by atoms with Crippen molar-refractivity contribution in [2.24, 2.45) is 0 Å². The van der Waals surface area contributed by atoms with Gasteiger partial charge in [0.2, 0.25) is 0 Å². The van der Waals surface area contributed by atoms with Gasteiger partial charge in [-0.05, 0) is 144 Å². The molecule has 332 valence electrons. The molecule has 0 atom stereocenters. The van der Waals surface area contributed by atoms with Crippen LogP contribution in [0.5, 0.6) is 0 Å². The first-order valence-corrected chi connectivity index (χ1v) is 23.8. The molecule has 0 aliphatic heterocycles. The van der Waals surface area contributed by atoms with Gasteiger partial charge in [-0.25, -0.2) is 0 Å². The van der Waals surface area contributed by atoms with Gasteiger partial charge in [-0.15, -0.1) is 0 Å². The zero-order valence-electron chi connectivity index (χ0n) is 38.5. The molecule has 70 heavy (non-hydrogen) atoms. The molecule has 0 unspecified atom stereocenters. The summed E-state index contributed by atoms with van der Waals surface area (Å²) >= 11 is 0. The van der Waals surface area contributed by atoms with Crippen LogP contribution in [0.25, 0.3) is 49.7 Å². The van der Waals surface area contributed by atoms with Crippen LogP contribution in [0, 0.1) is 0 Å². The molecule has 0 bridgehead atoms. The monoisotopic (exact) mass is 896 g/mol. The summed E-state index contributed by atoms with van der Waals surface area (Å²) in [6.45, 7) is 0. The van der Waals surface area contributed by atoms with E-state index in [1.165, 1.54) is 27.4 Å². The third-order valence-corrected chi connectivity index (χ3v) is 13.1. The maximum absolute atomic E-state index is 2.40. The second-order valence-electron chi connectivity index (χ2n) is 17.4. The van der Waals surface area contributed by atoms with Crippen molar-refractivity contribution in [2.75, 3.05) is 14.7 Å². The third-order valence-electron chi connectivity index (χ3n) is 13.1. The van der Waals surface area contributed by atoms with Crippen LogP contribution >= 0.6 is 0 Å². The summed E-state index contributed by atoms with van der Waals surface area (Å²) in [6.07, 6.45) is 0. The van der Waals surface area contributed by atoms with Gasteiger partial charge in [-0.1, -0.05) is 170 Å². The van der Waals surface area contributed by atoms with E-state index >= 15 is 0 Å². The lowest BCUT2D eigenvalue weighted by atomic mass is 10.0. The Hall–Kier alpha value is -9.38. The molecule has 0 aliphatic carbocycles. The normalized spacial score (nSPS) is 11.1. The number of aromatic nitrogens is 1. The minimum absolute atomic E-state index is 1.04. The van der Waals surface area contributed by atoms with E-state index in [2.05, 4.69) is 310 Å². The number of rotatable bonds is 12. The first kappa shape index (κ1) is 42.0. The molecule has 1 aromatic heterocycles. The van der Waals surface area contributed by atoms with E-state index in [0.717, 1.165) is 73.5 Å². The van der Waals surface area contributed by atoms with Crippen LogP contribution in [-0.4, -0.2) is 4.57 Å². The molecule has 11 aromatic carbocycles. The summed E-state index contributed by atoms with van der Waals surface area (Å²) in [6, 6.07) is 105. The van der Waals surface area contributed by atoms with Crippen LogP contribution in [0.15, 0.2) is 291 Å². The fraction of sp³-hybridized carbons (Fsp3) is 0. The van der Waals surface area contributed by atoms with E-state index in [-0.39, 0.29) is 0 Å². The molecule has 0 saturated heterocycles. The van der Waals surface area contributed by atoms with Crippen molar-refractivity contribution in [1.82, 2.24) is 4.57 Å². The minimum Gasteiger partial charge on any atom is -0.310 e. The van der Waals surface area contributed by atoms with Crippen LogP contribution < -0.4 is 14.7 Å². The van der Waals surface area contributed by atoms with Gasteiger partial charge in [-0.2, -0.15) is 0 Å². The molecule has 0 spiro atoms. The molecular weight excluding hydrogens is 849 g/mol. The van der Waals surface area contributed by atoms with Gasteiger partial charge in [0.1, 0.15) is 0 Å². The molecule has 4 nitrogen and oxygen atoms in total. The minimum atomic E-state index is 1.04. The summed E-state index contributed by atoms with van der Waals surface area (Å²) in [5.41, 5.74) is 17.5. The van der Waals surface area contributed by atoms with Crippen LogP contribution in [-0.2, 0) is 0 Å². The molecule has 1 heterocycles. The van der Waals surface area contributed by atoms with Gasteiger partial charge in [0, 0.05) is 67.6 Å². The number of fused-ring (bicyclic) bond motifs is 3. The fourth-order valence-corrected chi connectivity index (χ4v) is 9.88. The molecule has 12 aromatic rings. The Labute approximate surface area is 409 Å². The maximum Gasteiger partial charge on any atom is 0.0561 e. The highest BCUT2D eigenvalue weighted by molar-refractivity contribution is 6.10. The van der Waals surface area contributed by atoms with Crippen LogP contribution in [0.4, 0.5) is 51.2 Å². The van der Waals surface area contributed by atoms with Gasteiger partial charge in [0.15, 0.2) is 0 Å². The Balaban J connectivity index is 1.07. The standard InChI is InChI=1S/C66H48N4/c1-7-22-49(23-8-1)50-38-40-58(41-39-50)69(60-42-43-64-63-36-19-20-37-65(63)70(66(64)48-60)57-33-17-6-18-34-57)59-35-21-24-51(44-59)52-45-61(67(53-25-9-2-10-26-53)54-27-11-3-12-28-54)47-62(46-52)68(55-29-13-4-14-30-55)56-31-15-5-16-32-56/h1-48H. The topological polar surface area (TPSA) is 14.7 Å². The number of para-hydroxylation sites is 6.